The van der Waals surface area contributed by atoms with E-state index in [0.717, 1.165) is 12.1 Å². The number of benzene rings is 2. The van der Waals surface area contributed by atoms with E-state index >= 15 is 0 Å². The van der Waals surface area contributed by atoms with E-state index in [1.165, 1.54) is 22.4 Å². The summed E-state index contributed by atoms with van der Waals surface area (Å²) in [5, 5.41) is 12.3. The highest BCUT2D eigenvalue weighted by molar-refractivity contribution is 8.93. The molecule has 138 valence electrons. The number of hydrogen-bond donors (Lipinski definition) is 1. The smallest absolute Gasteiger partial charge is 0.366 e. The molecule has 1 aromatic heterocycles. The van der Waals surface area contributed by atoms with Gasteiger partial charge >= 0.3 is 6.18 Å². The molecule has 3 nitrogen and oxygen atoms in total. The lowest BCUT2D eigenvalue weighted by Gasteiger charge is -2.26. The number of aromatic nitrogens is 2. The van der Waals surface area contributed by atoms with Gasteiger partial charge in [0, 0.05) is 5.56 Å². The molecule has 2 aromatic carbocycles. The van der Waals surface area contributed by atoms with Crippen molar-refractivity contribution in [3.8, 4) is 0 Å². The molecule has 1 aliphatic heterocycles. The van der Waals surface area contributed by atoms with Crippen LogP contribution in [0.2, 0.25) is 10.0 Å². The van der Waals surface area contributed by atoms with Crippen LogP contribution in [0, 0.1) is 0 Å². The van der Waals surface area contributed by atoms with Crippen LogP contribution in [0.5, 0.6) is 0 Å². The number of alkyl halides is 3. The van der Waals surface area contributed by atoms with E-state index < -0.39 is 17.5 Å². The van der Waals surface area contributed by atoms with Gasteiger partial charge in [-0.3, -0.25) is 4.57 Å². The molecule has 10 heteroatoms. The number of thioether (sulfide) groups is 1. The van der Waals surface area contributed by atoms with Crippen LogP contribution in [-0.2, 0) is 11.9 Å². The third kappa shape index (κ3) is 3.01. The van der Waals surface area contributed by atoms with Gasteiger partial charge in [0.05, 0.1) is 32.4 Å². The Bertz CT molecular complexity index is 1010. The largest absolute Gasteiger partial charge is 0.416 e. The number of fused-ring (bicyclic) bond motifs is 3. The van der Waals surface area contributed by atoms with Crippen molar-refractivity contribution in [2.45, 2.75) is 17.1 Å². The van der Waals surface area contributed by atoms with Gasteiger partial charge in [0.25, 0.3) is 0 Å². The van der Waals surface area contributed by atoms with E-state index in [-0.39, 0.29) is 33.3 Å². The van der Waals surface area contributed by atoms with E-state index in [4.69, 9.17) is 23.2 Å². The lowest BCUT2D eigenvalue weighted by Crippen LogP contribution is -2.33. The Hall–Kier alpha value is -0.930. The molecule has 1 N–H and O–H groups in total. The molecule has 0 amide bonds. The predicted molar refractivity (Wildman–Crippen MR) is 102 cm³/mol. The number of rotatable bonds is 1. The standard InChI is InChI=1S/C16H9Cl2F3N2OS.BrH/c17-10-3-1-8(5-11(10)18)15(24)7-25-14-22-12-6-9(16(19,20)21)2-4-13(12)23(14)15;/h1-6,24H,7H2;1H. The monoisotopic (exact) mass is 484 g/mol. The van der Waals surface area contributed by atoms with Crippen LogP contribution in [0.3, 0.4) is 0 Å². The Labute approximate surface area is 170 Å². The lowest BCUT2D eigenvalue weighted by atomic mass is 10.0. The van der Waals surface area contributed by atoms with Crippen molar-refractivity contribution in [3.63, 3.8) is 0 Å². The molecule has 0 radical (unpaired) electrons. The predicted octanol–water partition coefficient (Wildman–Crippen LogP) is 5.74. The minimum absolute atomic E-state index is 0. The minimum Gasteiger partial charge on any atom is -0.366 e. The molecule has 26 heavy (non-hydrogen) atoms. The second kappa shape index (κ2) is 6.60. The van der Waals surface area contributed by atoms with Gasteiger partial charge < -0.3 is 5.11 Å². The summed E-state index contributed by atoms with van der Waals surface area (Å²) in [6.45, 7) is 0. The van der Waals surface area contributed by atoms with E-state index in [1.807, 2.05) is 0 Å². The molecule has 1 aliphatic rings. The van der Waals surface area contributed by atoms with Crippen LogP contribution in [-0.4, -0.2) is 20.4 Å². The van der Waals surface area contributed by atoms with E-state index in [2.05, 4.69) is 4.98 Å². The molecule has 0 saturated heterocycles. The van der Waals surface area contributed by atoms with Gasteiger partial charge in [-0.2, -0.15) is 13.2 Å². The molecular formula is C16H10BrCl2F3N2OS. The molecule has 4 rings (SSSR count). The highest BCUT2D eigenvalue weighted by Gasteiger charge is 2.42. The fourth-order valence-electron chi connectivity index (χ4n) is 2.88. The second-order valence-electron chi connectivity index (χ2n) is 5.67. The lowest BCUT2D eigenvalue weighted by molar-refractivity contribution is -0.137. The number of imidazole rings is 1. The first-order chi connectivity index (χ1) is 11.7. The highest BCUT2D eigenvalue weighted by Crippen LogP contribution is 2.44. The van der Waals surface area contributed by atoms with Crippen LogP contribution in [0.25, 0.3) is 11.0 Å². The van der Waals surface area contributed by atoms with Crippen LogP contribution >= 0.6 is 51.9 Å². The fourth-order valence-corrected chi connectivity index (χ4v) is 4.34. The Morgan fingerprint density at radius 1 is 1.12 bits per heavy atom. The average Bonchev–Trinajstić information content (AvgIpc) is 3.07. The Balaban J connectivity index is 0.00000196. The van der Waals surface area contributed by atoms with Gasteiger partial charge in [-0.1, -0.05) is 41.0 Å². The van der Waals surface area contributed by atoms with Crippen molar-refractivity contribution in [2.75, 3.05) is 5.75 Å². The minimum atomic E-state index is -4.45. The summed E-state index contributed by atoms with van der Waals surface area (Å²) < 4.78 is 40.2. The third-order valence-electron chi connectivity index (χ3n) is 4.11. The van der Waals surface area contributed by atoms with Crippen LogP contribution in [0.4, 0.5) is 13.2 Å². The summed E-state index contributed by atoms with van der Waals surface area (Å²) in [7, 11) is 0. The zero-order valence-corrected chi connectivity index (χ0v) is 16.8. The maximum absolute atomic E-state index is 12.9. The van der Waals surface area contributed by atoms with Crippen LogP contribution < -0.4 is 0 Å². The van der Waals surface area contributed by atoms with Crippen molar-refractivity contribution in [1.82, 2.24) is 9.55 Å². The van der Waals surface area contributed by atoms with Crippen molar-refractivity contribution in [2.24, 2.45) is 0 Å². The maximum Gasteiger partial charge on any atom is 0.416 e. The van der Waals surface area contributed by atoms with Crippen molar-refractivity contribution in [3.05, 3.63) is 57.6 Å². The quantitative estimate of drug-likeness (QED) is 0.477. The molecule has 0 bridgehead atoms. The fraction of sp³-hybridized carbons (Fsp3) is 0.188. The molecule has 0 saturated carbocycles. The van der Waals surface area contributed by atoms with E-state index in [9.17, 15) is 18.3 Å². The van der Waals surface area contributed by atoms with Gasteiger partial charge in [-0.15, -0.1) is 17.0 Å². The average molecular weight is 486 g/mol. The normalized spacial score (nSPS) is 19.5. The summed E-state index contributed by atoms with van der Waals surface area (Å²) >= 11 is 13.2. The summed E-state index contributed by atoms with van der Waals surface area (Å²) in [5.74, 6) is 0.268. The van der Waals surface area contributed by atoms with Gasteiger partial charge in [0.1, 0.15) is 0 Å². The number of nitrogens with zero attached hydrogens (tertiary/aromatic N) is 2. The van der Waals surface area contributed by atoms with E-state index in [1.54, 1.807) is 18.2 Å². The van der Waals surface area contributed by atoms with Gasteiger partial charge in [-0.25, -0.2) is 4.98 Å². The van der Waals surface area contributed by atoms with E-state index in [0.29, 0.717) is 21.3 Å². The molecule has 0 fully saturated rings. The topological polar surface area (TPSA) is 38.1 Å². The second-order valence-corrected chi connectivity index (χ2v) is 7.42. The van der Waals surface area contributed by atoms with Gasteiger partial charge in [0.15, 0.2) is 10.9 Å². The summed E-state index contributed by atoms with van der Waals surface area (Å²) in [5.41, 5.74) is -1.16. The van der Waals surface area contributed by atoms with Crippen molar-refractivity contribution in [1.29, 1.82) is 0 Å². The molecule has 1 atom stereocenters. The maximum atomic E-state index is 12.9. The SMILES string of the molecule is Br.OC1(c2ccc(Cl)c(Cl)c2)CSc2nc3cc(C(F)(F)F)ccc3n21. The molecule has 3 aromatic rings. The Morgan fingerprint density at radius 2 is 1.85 bits per heavy atom. The molecule has 2 heterocycles. The van der Waals surface area contributed by atoms with Gasteiger partial charge in [0.2, 0.25) is 0 Å². The Kier molecular flexibility index (Phi) is 5.03. The first-order valence-electron chi connectivity index (χ1n) is 7.11. The highest BCUT2D eigenvalue weighted by atomic mass is 79.9. The van der Waals surface area contributed by atoms with Crippen LogP contribution in [0.1, 0.15) is 11.1 Å². The number of halogens is 6. The molecule has 0 spiro atoms. The van der Waals surface area contributed by atoms with Crippen molar-refractivity contribution >= 4 is 63.0 Å². The van der Waals surface area contributed by atoms with Crippen LogP contribution in [0.15, 0.2) is 41.6 Å². The molecule has 0 aliphatic carbocycles. The number of hydrogen-bond acceptors (Lipinski definition) is 3. The molecular weight excluding hydrogens is 476 g/mol. The first-order valence-corrected chi connectivity index (χ1v) is 8.85. The summed E-state index contributed by atoms with van der Waals surface area (Å²) in [4.78, 5) is 4.24. The zero-order chi connectivity index (χ0) is 18.0. The Morgan fingerprint density at radius 3 is 2.50 bits per heavy atom. The molecule has 1 unspecified atom stereocenters. The zero-order valence-electron chi connectivity index (χ0n) is 12.7. The summed E-state index contributed by atoms with van der Waals surface area (Å²) in [6.07, 6.45) is -4.45. The van der Waals surface area contributed by atoms with Gasteiger partial charge in [-0.05, 0) is 30.3 Å². The summed E-state index contributed by atoms with van der Waals surface area (Å²) in [6, 6.07) is 8.05. The van der Waals surface area contributed by atoms with Crippen molar-refractivity contribution < 1.29 is 18.3 Å². The third-order valence-corrected chi connectivity index (χ3v) is 5.92. The first kappa shape index (κ1) is 19.8. The number of aliphatic hydroxyl groups is 1.